The highest BCUT2D eigenvalue weighted by molar-refractivity contribution is 6.28. The van der Waals surface area contributed by atoms with Gasteiger partial charge in [-0.15, -0.1) is 0 Å². The maximum absolute atomic E-state index is 11.9. The minimum atomic E-state index is -0.127. The molecular weight excluding hydrogens is 262 g/mol. The Morgan fingerprint density at radius 3 is 2.74 bits per heavy atom. The highest BCUT2D eigenvalue weighted by Crippen LogP contribution is 2.11. The van der Waals surface area contributed by atoms with Crippen LogP contribution in [-0.2, 0) is 11.2 Å². The minimum Gasteiger partial charge on any atom is -0.310 e. The van der Waals surface area contributed by atoms with E-state index >= 15 is 0 Å². The molecule has 1 aromatic carbocycles. The van der Waals surface area contributed by atoms with Gasteiger partial charge in [0.15, 0.2) is 0 Å². The summed E-state index contributed by atoms with van der Waals surface area (Å²) in [6, 6.07) is 7.58. The van der Waals surface area contributed by atoms with Crippen molar-refractivity contribution in [2.75, 3.05) is 5.32 Å². The number of carbonyl (C=O) groups excluding carboxylic acids is 1. The van der Waals surface area contributed by atoms with E-state index in [2.05, 4.69) is 15.3 Å². The largest absolute Gasteiger partial charge is 0.310 e. The van der Waals surface area contributed by atoms with Gasteiger partial charge in [0.25, 0.3) is 0 Å². The van der Waals surface area contributed by atoms with Gasteiger partial charge in [0, 0.05) is 6.20 Å². The van der Waals surface area contributed by atoms with Gasteiger partial charge in [-0.1, -0.05) is 18.2 Å². The van der Waals surface area contributed by atoms with E-state index in [-0.39, 0.29) is 11.2 Å². The summed E-state index contributed by atoms with van der Waals surface area (Å²) < 4.78 is 0. The minimum absolute atomic E-state index is 0.115. The van der Waals surface area contributed by atoms with Crippen molar-refractivity contribution in [3.63, 3.8) is 0 Å². The molecule has 1 N–H and O–H groups in total. The molecule has 4 nitrogen and oxygen atoms in total. The summed E-state index contributed by atoms with van der Waals surface area (Å²) in [5, 5.41) is 2.81. The van der Waals surface area contributed by atoms with Crippen molar-refractivity contribution in [3.8, 4) is 0 Å². The van der Waals surface area contributed by atoms with Gasteiger partial charge in [0.1, 0.15) is 5.82 Å². The van der Waals surface area contributed by atoms with Crippen LogP contribution in [0.15, 0.2) is 30.5 Å². The number of benzene rings is 1. The van der Waals surface area contributed by atoms with Crippen LogP contribution in [0.1, 0.15) is 16.7 Å². The molecule has 0 aliphatic rings. The standard InChI is InChI=1S/C14H14ClN3O/c1-9-3-4-11(7-10(9)2)8-13(19)17-12-5-6-16-14(15)18-12/h3-7H,8H2,1-2H3,(H,16,17,18,19). The number of halogens is 1. The molecule has 0 saturated carbocycles. The van der Waals surface area contributed by atoms with Crippen molar-refractivity contribution in [1.29, 1.82) is 0 Å². The number of carbonyl (C=O) groups is 1. The Bertz CT molecular complexity index is 613. The lowest BCUT2D eigenvalue weighted by Gasteiger charge is -2.06. The summed E-state index contributed by atoms with van der Waals surface area (Å²) in [5.74, 6) is 0.284. The average Bonchev–Trinajstić information content (AvgIpc) is 2.34. The van der Waals surface area contributed by atoms with Crippen LogP contribution in [0, 0.1) is 13.8 Å². The fourth-order valence-electron chi connectivity index (χ4n) is 1.69. The lowest BCUT2D eigenvalue weighted by atomic mass is 10.0. The number of aryl methyl sites for hydroxylation is 2. The van der Waals surface area contributed by atoms with E-state index in [1.54, 1.807) is 6.07 Å². The molecule has 0 spiro atoms. The fourth-order valence-corrected chi connectivity index (χ4v) is 1.84. The predicted molar refractivity (Wildman–Crippen MR) is 75.3 cm³/mol. The second-order valence-corrected chi connectivity index (χ2v) is 4.69. The first-order valence-corrected chi connectivity index (χ1v) is 6.27. The van der Waals surface area contributed by atoms with Crippen LogP contribution in [0.25, 0.3) is 0 Å². The van der Waals surface area contributed by atoms with E-state index in [0.29, 0.717) is 12.2 Å². The van der Waals surface area contributed by atoms with Crippen LogP contribution in [0.2, 0.25) is 5.28 Å². The fraction of sp³-hybridized carbons (Fsp3) is 0.214. The summed E-state index contributed by atoms with van der Waals surface area (Å²) >= 11 is 5.65. The molecule has 0 radical (unpaired) electrons. The molecule has 0 fully saturated rings. The van der Waals surface area contributed by atoms with Crippen molar-refractivity contribution < 1.29 is 4.79 Å². The lowest BCUT2D eigenvalue weighted by Crippen LogP contribution is -2.15. The molecule has 2 aromatic rings. The molecular formula is C14H14ClN3O. The molecule has 2 rings (SSSR count). The van der Waals surface area contributed by atoms with Crippen LogP contribution in [-0.4, -0.2) is 15.9 Å². The molecule has 1 amide bonds. The SMILES string of the molecule is Cc1ccc(CC(=O)Nc2ccnc(Cl)n2)cc1C. The molecule has 5 heteroatoms. The molecule has 0 saturated heterocycles. The number of aromatic nitrogens is 2. The average molecular weight is 276 g/mol. The second-order valence-electron chi connectivity index (χ2n) is 4.35. The van der Waals surface area contributed by atoms with Crippen LogP contribution in [0.4, 0.5) is 5.82 Å². The Labute approximate surface area is 116 Å². The Morgan fingerprint density at radius 1 is 1.26 bits per heavy atom. The smallest absolute Gasteiger partial charge is 0.229 e. The molecule has 0 atom stereocenters. The van der Waals surface area contributed by atoms with E-state index in [4.69, 9.17) is 11.6 Å². The van der Waals surface area contributed by atoms with Gasteiger partial charge in [-0.25, -0.2) is 9.97 Å². The van der Waals surface area contributed by atoms with E-state index in [1.807, 2.05) is 32.0 Å². The van der Waals surface area contributed by atoms with Crippen LogP contribution >= 0.6 is 11.6 Å². The van der Waals surface area contributed by atoms with Crippen molar-refractivity contribution in [1.82, 2.24) is 9.97 Å². The summed E-state index contributed by atoms with van der Waals surface area (Å²) in [7, 11) is 0. The molecule has 1 heterocycles. The molecule has 98 valence electrons. The van der Waals surface area contributed by atoms with Gasteiger partial charge in [0.2, 0.25) is 11.2 Å². The normalized spacial score (nSPS) is 10.3. The van der Waals surface area contributed by atoms with Crippen molar-refractivity contribution in [2.24, 2.45) is 0 Å². The number of nitrogens with one attached hydrogen (secondary N) is 1. The van der Waals surface area contributed by atoms with Crippen LogP contribution < -0.4 is 5.32 Å². The third-order valence-corrected chi connectivity index (χ3v) is 3.01. The molecule has 0 aliphatic heterocycles. The number of amides is 1. The van der Waals surface area contributed by atoms with Gasteiger partial charge in [0.05, 0.1) is 6.42 Å². The van der Waals surface area contributed by atoms with Gasteiger partial charge < -0.3 is 5.32 Å². The summed E-state index contributed by atoms with van der Waals surface area (Å²) in [6.07, 6.45) is 1.81. The Kier molecular flexibility index (Phi) is 4.12. The van der Waals surface area contributed by atoms with Crippen molar-refractivity contribution in [3.05, 3.63) is 52.4 Å². The van der Waals surface area contributed by atoms with E-state index in [9.17, 15) is 4.79 Å². The first-order valence-electron chi connectivity index (χ1n) is 5.89. The highest BCUT2D eigenvalue weighted by atomic mass is 35.5. The first-order chi connectivity index (χ1) is 9.04. The third kappa shape index (κ3) is 3.76. The zero-order valence-electron chi connectivity index (χ0n) is 10.8. The molecule has 0 aliphatic carbocycles. The van der Waals surface area contributed by atoms with E-state index < -0.39 is 0 Å². The van der Waals surface area contributed by atoms with E-state index in [1.165, 1.54) is 17.3 Å². The maximum atomic E-state index is 11.9. The Hall–Kier alpha value is -1.94. The highest BCUT2D eigenvalue weighted by Gasteiger charge is 2.06. The van der Waals surface area contributed by atoms with Crippen LogP contribution in [0.3, 0.4) is 0 Å². The molecule has 1 aromatic heterocycles. The van der Waals surface area contributed by atoms with Crippen LogP contribution in [0.5, 0.6) is 0 Å². The first kappa shape index (κ1) is 13.5. The molecule has 0 bridgehead atoms. The summed E-state index contributed by atoms with van der Waals surface area (Å²) in [6.45, 7) is 4.07. The zero-order valence-corrected chi connectivity index (χ0v) is 11.5. The van der Waals surface area contributed by atoms with Gasteiger partial charge in [-0.05, 0) is 48.2 Å². The van der Waals surface area contributed by atoms with Gasteiger partial charge in [-0.3, -0.25) is 4.79 Å². The number of hydrogen-bond acceptors (Lipinski definition) is 3. The lowest BCUT2D eigenvalue weighted by molar-refractivity contribution is -0.115. The van der Waals surface area contributed by atoms with Gasteiger partial charge in [-0.2, -0.15) is 0 Å². The molecule has 19 heavy (non-hydrogen) atoms. The van der Waals surface area contributed by atoms with Crippen molar-refractivity contribution >= 4 is 23.3 Å². The maximum Gasteiger partial charge on any atom is 0.229 e. The number of rotatable bonds is 3. The number of nitrogens with zero attached hydrogens (tertiary/aromatic N) is 2. The zero-order chi connectivity index (χ0) is 13.8. The predicted octanol–water partition coefficient (Wildman–Crippen LogP) is 2.93. The number of anilines is 1. The quantitative estimate of drug-likeness (QED) is 0.876. The monoisotopic (exact) mass is 275 g/mol. The molecule has 0 unspecified atom stereocenters. The third-order valence-electron chi connectivity index (χ3n) is 2.83. The Morgan fingerprint density at radius 2 is 2.05 bits per heavy atom. The van der Waals surface area contributed by atoms with Crippen molar-refractivity contribution in [2.45, 2.75) is 20.3 Å². The van der Waals surface area contributed by atoms with Gasteiger partial charge >= 0.3 is 0 Å². The Balaban J connectivity index is 2.03. The topological polar surface area (TPSA) is 54.9 Å². The van der Waals surface area contributed by atoms with E-state index in [0.717, 1.165) is 5.56 Å². The number of hydrogen-bond donors (Lipinski definition) is 1. The summed E-state index contributed by atoms with van der Waals surface area (Å²) in [4.78, 5) is 19.5. The summed E-state index contributed by atoms with van der Waals surface area (Å²) in [5.41, 5.74) is 3.36. The second kappa shape index (κ2) is 5.80.